The first-order valence-electron chi connectivity index (χ1n) is 6.16. The molecule has 1 atom stereocenters. The Bertz CT molecular complexity index is 339. The molecule has 0 aliphatic carbocycles. The SMILES string of the molecule is CC(C)C(NC(=O)CSCCCO)c1cccs1. The van der Waals surface area contributed by atoms with Crippen molar-refractivity contribution in [1.82, 2.24) is 5.32 Å². The van der Waals surface area contributed by atoms with Gasteiger partial charge in [0.2, 0.25) is 5.91 Å². The summed E-state index contributed by atoms with van der Waals surface area (Å²) in [6.07, 6.45) is 0.747. The third-order valence-corrected chi connectivity index (χ3v) is 4.51. The minimum absolute atomic E-state index is 0.0741. The summed E-state index contributed by atoms with van der Waals surface area (Å²) in [6.45, 7) is 4.42. The fourth-order valence-corrected chi connectivity index (χ4v) is 3.28. The third kappa shape index (κ3) is 5.42. The third-order valence-electron chi connectivity index (χ3n) is 2.51. The van der Waals surface area contributed by atoms with Crippen LogP contribution in [0.15, 0.2) is 17.5 Å². The average Bonchev–Trinajstić information content (AvgIpc) is 2.85. The monoisotopic (exact) mass is 287 g/mol. The van der Waals surface area contributed by atoms with Gasteiger partial charge in [0.05, 0.1) is 11.8 Å². The van der Waals surface area contributed by atoms with E-state index in [4.69, 9.17) is 5.11 Å². The molecule has 0 fully saturated rings. The van der Waals surface area contributed by atoms with Crippen LogP contribution in [0.2, 0.25) is 0 Å². The summed E-state index contributed by atoms with van der Waals surface area (Å²) in [5.74, 6) is 1.75. The van der Waals surface area contributed by atoms with E-state index in [1.165, 1.54) is 4.88 Å². The van der Waals surface area contributed by atoms with E-state index >= 15 is 0 Å². The zero-order valence-electron chi connectivity index (χ0n) is 10.9. The molecule has 5 heteroatoms. The number of carbonyl (C=O) groups is 1. The normalized spacial score (nSPS) is 12.7. The molecular weight excluding hydrogens is 266 g/mol. The lowest BCUT2D eigenvalue weighted by molar-refractivity contribution is -0.119. The van der Waals surface area contributed by atoms with Crippen LogP contribution in [0.3, 0.4) is 0 Å². The van der Waals surface area contributed by atoms with Crippen molar-refractivity contribution in [2.75, 3.05) is 18.1 Å². The van der Waals surface area contributed by atoms with Crippen molar-refractivity contribution in [3.8, 4) is 0 Å². The number of amides is 1. The van der Waals surface area contributed by atoms with Crippen molar-refractivity contribution in [1.29, 1.82) is 0 Å². The van der Waals surface area contributed by atoms with Crippen LogP contribution in [-0.4, -0.2) is 29.1 Å². The highest BCUT2D eigenvalue weighted by atomic mass is 32.2. The lowest BCUT2D eigenvalue weighted by Gasteiger charge is -2.21. The summed E-state index contributed by atoms with van der Waals surface area (Å²) in [7, 11) is 0. The molecule has 1 unspecified atom stereocenters. The van der Waals surface area contributed by atoms with E-state index in [-0.39, 0.29) is 18.6 Å². The van der Waals surface area contributed by atoms with Crippen LogP contribution in [-0.2, 0) is 4.79 Å². The van der Waals surface area contributed by atoms with E-state index in [0.29, 0.717) is 11.7 Å². The Morgan fingerprint density at radius 1 is 1.56 bits per heavy atom. The smallest absolute Gasteiger partial charge is 0.230 e. The van der Waals surface area contributed by atoms with Crippen molar-refractivity contribution >= 4 is 29.0 Å². The van der Waals surface area contributed by atoms with E-state index in [2.05, 4.69) is 25.2 Å². The molecule has 0 spiro atoms. The van der Waals surface area contributed by atoms with Crippen LogP contribution in [0, 0.1) is 5.92 Å². The van der Waals surface area contributed by atoms with Gasteiger partial charge in [-0.3, -0.25) is 4.79 Å². The highest BCUT2D eigenvalue weighted by Crippen LogP contribution is 2.25. The van der Waals surface area contributed by atoms with Crippen LogP contribution in [0.1, 0.15) is 31.2 Å². The summed E-state index contributed by atoms with van der Waals surface area (Å²) in [5.41, 5.74) is 0. The number of carbonyl (C=O) groups excluding carboxylic acids is 1. The second-order valence-electron chi connectivity index (χ2n) is 4.43. The molecular formula is C13H21NO2S2. The maximum absolute atomic E-state index is 11.8. The first kappa shape index (κ1) is 15.5. The van der Waals surface area contributed by atoms with Crippen LogP contribution in [0.25, 0.3) is 0 Å². The fourth-order valence-electron chi connectivity index (χ4n) is 1.58. The molecule has 0 saturated heterocycles. The van der Waals surface area contributed by atoms with Gasteiger partial charge >= 0.3 is 0 Å². The van der Waals surface area contributed by atoms with Crippen molar-refractivity contribution in [2.45, 2.75) is 26.3 Å². The van der Waals surface area contributed by atoms with Crippen molar-refractivity contribution in [2.24, 2.45) is 5.92 Å². The summed E-state index contributed by atoms with van der Waals surface area (Å²) in [4.78, 5) is 13.0. The molecule has 0 bridgehead atoms. The number of aliphatic hydroxyl groups is 1. The first-order chi connectivity index (χ1) is 8.65. The van der Waals surface area contributed by atoms with E-state index in [1.807, 2.05) is 11.4 Å². The maximum atomic E-state index is 11.8. The second kappa shape index (κ2) is 8.56. The Balaban J connectivity index is 2.40. The molecule has 18 heavy (non-hydrogen) atoms. The summed E-state index contributed by atoms with van der Waals surface area (Å²) in [6, 6.07) is 4.18. The molecule has 0 aliphatic heterocycles. The molecule has 0 saturated carbocycles. The number of thioether (sulfide) groups is 1. The number of nitrogens with one attached hydrogen (secondary N) is 1. The molecule has 0 aliphatic rings. The molecule has 1 aromatic heterocycles. The van der Waals surface area contributed by atoms with Gasteiger partial charge < -0.3 is 10.4 Å². The molecule has 3 nitrogen and oxygen atoms in total. The quantitative estimate of drug-likeness (QED) is 0.723. The lowest BCUT2D eigenvalue weighted by atomic mass is 10.0. The molecule has 2 N–H and O–H groups in total. The van der Waals surface area contributed by atoms with Crippen molar-refractivity contribution < 1.29 is 9.90 Å². The molecule has 0 aromatic carbocycles. The molecule has 0 radical (unpaired) electrons. The van der Waals surface area contributed by atoms with E-state index in [0.717, 1.165) is 12.2 Å². The van der Waals surface area contributed by atoms with Crippen LogP contribution in [0.4, 0.5) is 0 Å². The maximum Gasteiger partial charge on any atom is 0.230 e. The average molecular weight is 287 g/mol. The Labute approximate surface area is 117 Å². The van der Waals surface area contributed by atoms with Crippen LogP contribution < -0.4 is 5.32 Å². The van der Waals surface area contributed by atoms with Gasteiger partial charge in [-0.2, -0.15) is 11.8 Å². The van der Waals surface area contributed by atoms with Gasteiger partial charge in [0.1, 0.15) is 0 Å². The van der Waals surface area contributed by atoms with Gasteiger partial charge in [-0.05, 0) is 29.5 Å². The van der Waals surface area contributed by atoms with Gasteiger partial charge in [-0.25, -0.2) is 0 Å². The minimum Gasteiger partial charge on any atom is -0.396 e. The van der Waals surface area contributed by atoms with Gasteiger partial charge in [-0.1, -0.05) is 19.9 Å². The van der Waals surface area contributed by atoms with Crippen molar-refractivity contribution in [3.05, 3.63) is 22.4 Å². The number of hydrogen-bond donors (Lipinski definition) is 2. The standard InChI is InChI=1S/C13H21NO2S2/c1-10(2)13(11-5-3-8-18-11)14-12(16)9-17-7-4-6-15/h3,5,8,10,13,15H,4,6-7,9H2,1-2H3,(H,14,16). The van der Waals surface area contributed by atoms with Crippen molar-refractivity contribution in [3.63, 3.8) is 0 Å². The Morgan fingerprint density at radius 3 is 2.89 bits per heavy atom. The summed E-state index contributed by atoms with van der Waals surface area (Å²) < 4.78 is 0. The Kier molecular flexibility index (Phi) is 7.39. The number of rotatable bonds is 8. The van der Waals surface area contributed by atoms with Crippen LogP contribution in [0.5, 0.6) is 0 Å². The predicted molar refractivity (Wildman–Crippen MR) is 79.1 cm³/mol. The Hall–Kier alpha value is -0.520. The fraction of sp³-hybridized carbons (Fsp3) is 0.615. The zero-order valence-corrected chi connectivity index (χ0v) is 12.5. The van der Waals surface area contributed by atoms with E-state index in [9.17, 15) is 4.79 Å². The zero-order chi connectivity index (χ0) is 13.4. The van der Waals surface area contributed by atoms with Gasteiger partial charge in [0.15, 0.2) is 0 Å². The van der Waals surface area contributed by atoms with Gasteiger partial charge in [-0.15, -0.1) is 11.3 Å². The first-order valence-corrected chi connectivity index (χ1v) is 8.20. The summed E-state index contributed by atoms with van der Waals surface area (Å²) >= 11 is 3.25. The minimum atomic E-state index is 0.0741. The molecule has 1 aromatic rings. The van der Waals surface area contributed by atoms with Gasteiger partial charge in [0.25, 0.3) is 0 Å². The second-order valence-corrected chi connectivity index (χ2v) is 6.52. The highest BCUT2D eigenvalue weighted by molar-refractivity contribution is 7.99. The number of aliphatic hydroxyl groups excluding tert-OH is 1. The predicted octanol–water partition coefficient (Wildman–Crippen LogP) is 2.68. The molecule has 1 amide bonds. The number of hydrogen-bond acceptors (Lipinski definition) is 4. The molecule has 1 heterocycles. The Morgan fingerprint density at radius 2 is 2.33 bits per heavy atom. The number of thiophene rings is 1. The molecule has 102 valence electrons. The van der Waals surface area contributed by atoms with Gasteiger partial charge in [0, 0.05) is 11.5 Å². The molecule has 1 rings (SSSR count). The van der Waals surface area contributed by atoms with E-state index in [1.54, 1.807) is 23.1 Å². The topological polar surface area (TPSA) is 49.3 Å². The summed E-state index contributed by atoms with van der Waals surface area (Å²) in [5, 5.41) is 13.8. The largest absolute Gasteiger partial charge is 0.396 e. The van der Waals surface area contributed by atoms with E-state index < -0.39 is 0 Å². The lowest BCUT2D eigenvalue weighted by Crippen LogP contribution is -2.32. The highest BCUT2D eigenvalue weighted by Gasteiger charge is 2.18. The van der Waals surface area contributed by atoms with Crippen LogP contribution >= 0.6 is 23.1 Å².